The number of hydrogen-bond donors (Lipinski definition) is 1. The van der Waals surface area contributed by atoms with Crippen LogP contribution < -0.4 is 5.73 Å². The van der Waals surface area contributed by atoms with Crippen LogP contribution in [-0.2, 0) is 0 Å². The van der Waals surface area contributed by atoms with Crippen LogP contribution in [0.15, 0.2) is 24.4 Å². The van der Waals surface area contributed by atoms with Crippen molar-refractivity contribution in [2.24, 2.45) is 0 Å². The lowest BCUT2D eigenvalue weighted by Crippen LogP contribution is -2.04. The number of anilines is 1. The second-order valence-electron chi connectivity index (χ2n) is 3.74. The van der Waals surface area contributed by atoms with Crippen LogP contribution in [0.2, 0.25) is 5.02 Å². The summed E-state index contributed by atoms with van der Waals surface area (Å²) in [5.41, 5.74) is 6.93. The van der Waals surface area contributed by atoms with E-state index in [4.69, 9.17) is 17.3 Å². The number of rotatable bonds is 1. The fraction of sp³-hybridized carbons (Fsp3) is 0.0909. The van der Waals surface area contributed by atoms with E-state index in [0.29, 0.717) is 28.0 Å². The predicted molar refractivity (Wildman–Crippen MR) is 68.2 cm³/mol. The van der Waals surface area contributed by atoms with Gasteiger partial charge in [0.05, 0.1) is 0 Å². The smallest absolute Gasteiger partial charge is 0.183 e. The van der Waals surface area contributed by atoms with Gasteiger partial charge in [0.25, 0.3) is 0 Å². The first-order valence-corrected chi connectivity index (χ1v) is 5.64. The lowest BCUT2D eigenvalue weighted by Gasteiger charge is -2.05. The average Bonchev–Trinajstić information content (AvgIpc) is 2.77. The lowest BCUT2D eigenvalue weighted by atomic mass is 10.3. The maximum Gasteiger partial charge on any atom is 0.183 e. The molecule has 0 atom stereocenters. The molecule has 3 aromatic rings. The molecule has 90 valence electrons. The molecule has 6 nitrogen and oxygen atoms in total. The van der Waals surface area contributed by atoms with E-state index in [2.05, 4.69) is 20.1 Å². The third-order valence-electron chi connectivity index (χ3n) is 2.46. The first-order chi connectivity index (χ1) is 8.66. The minimum atomic E-state index is 0.220. The highest BCUT2D eigenvalue weighted by molar-refractivity contribution is 6.35. The van der Waals surface area contributed by atoms with E-state index < -0.39 is 0 Å². The van der Waals surface area contributed by atoms with Gasteiger partial charge in [-0.05, 0) is 19.1 Å². The number of hydrogen-bond acceptors (Lipinski definition) is 5. The summed E-state index contributed by atoms with van der Waals surface area (Å²) < 4.78 is 1.55. The summed E-state index contributed by atoms with van der Waals surface area (Å²) in [6.07, 6.45) is 1.68. The van der Waals surface area contributed by atoms with Crippen LogP contribution in [0.25, 0.3) is 17.2 Å². The molecular formula is C11H9ClN6. The topological polar surface area (TPSA) is 82.0 Å². The number of halogens is 1. The second kappa shape index (κ2) is 3.92. The summed E-state index contributed by atoms with van der Waals surface area (Å²) in [6, 6.07) is 5.52. The summed E-state index contributed by atoms with van der Waals surface area (Å²) >= 11 is 6.07. The highest BCUT2D eigenvalue weighted by Gasteiger charge is 2.15. The van der Waals surface area contributed by atoms with Crippen molar-refractivity contribution in [2.45, 2.75) is 6.92 Å². The van der Waals surface area contributed by atoms with Gasteiger partial charge in [-0.15, -0.1) is 5.10 Å². The number of aryl methyl sites for hydroxylation is 1. The maximum atomic E-state index is 6.07. The van der Waals surface area contributed by atoms with Crippen molar-refractivity contribution >= 4 is 23.1 Å². The summed E-state index contributed by atoms with van der Waals surface area (Å²) in [6.45, 7) is 1.78. The molecule has 0 amide bonds. The van der Waals surface area contributed by atoms with Crippen LogP contribution >= 0.6 is 11.6 Å². The molecule has 2 N–H and O–H groups in total. The Morgan fingerprint density at radius 3 is 2.83 bits per heavy atom. The van der Waals surface area contributed by atoms with Crippen LogP contribution in [0.1, 0.15) is 5.82 Å². The largest absolute Gasteiger partial charge is 0.382 e. The normalized spacial score (nSPS) is 11.0. The van der Waals surface area contributed by atoms with Crippen LogP contribution in [0.4, 0.5) is 5.82 Å². The Hall–Kier alpha value is -2.21. The Morgan fingerprint density at radius 1 is 1.28 bits per heavy atom. The molecule has 0 saturated carbocycles. The van der Waals surface area contributed by atoms with Crippen molar-refractivity contribution in [1.82, 2.24) is 24.6 Å². The number of nitrogens with two attached hydrogens (primary N) is 1. The number of aromatic nitrogens is 5. The van der Waals surface area contributed by atoms with E-state index in [0.717, 1.165) is 0 Å². The molecule has 0 aromatic carbocycles. The Kier molecular flexibility index (Phi) is 2.38. The minimum absolute atomic E-state index is 0.220. The molecule has 0 aliphatic rings. The zero-order valence-electron chi connectivity index (χ0n) is 9.50. The number of pyridine rings is 1. The van der Waals surface area contributed by atoms with Crippen molar-refractivity contribution in [3.63, 3.8) is 0 Å². The highest BCUT2D eigenvalue weighted by Crippen LogP contribution is 2.25. The van der Waals surface area contributed by atoms with Gasteiger partial charge in [-0.1, -0.05) is 17.7 Å². The van der Waals surface area contributed by atoms with Crippen molar-refractivity contribution in [2.75, 3.05) is 5.73 Å². The molecule has 0 radical (unpaired) electrons. The first-order valence-electron chi connectivity index (χ1n) is 5.26. The summed E-state index contributed by atoms with van der Waals surface area (Å²) in [4.78, 5) is 12.7. The van der Waals surface area contributed by atoms with E-state index >= 15 is 0 Å². The van der Waals surface area contributed by atoms with Gasteiger partial charge in [0.15, 0.2) is 11.5 Å². The van der Waals surface area contributed by atoms with Gasteiger partial charge in [0, 0.05) is 6.20 Å². The van der Waals surface area contributed by atoms with Gasteiger partial charge in [0.1, 0.15) is 22.4 Å². The molecule has 7 heteroatoms. The fourth-order valence-electron chi connectivity index (χ4n) is 1.69. The van der Waals surface area contributed by atoms with Crippen molar-refractivity contribution in [1.29, 1.82) is 0 Å². The SMILES string of the molecule is Cc1nc2c(Cl)c(N)nc(-c3ccccn3)n2n1. The molecule has 18 heavy (non-hydrogen) atoms. The van der Waals surface area contributed by atoms with Crippen molar-refractivity contribution < 1.29 is 0 Å². The molecule has 0 saturated heterocycles. The van der Waals surface area contributed by atoms with E-state index in [1.807, 2.05) is 18.2 Å². The van der Waals surface area contributed by atoms with Crippen LogP contribution in [0, 0.1) is 6.92 Å². The monoisotopic (exact) mass is 260 g/mol. The highest BCUT2D eigenvalue weighted by atomic mass is 35.5. The Balaban J connectivity index is 2.39. The number of nitrogen functional groups attached to an aromatic ring is 1. The molecule has 0 bridgehead atoms. The Bertz CT molecular complexity index is 721. The average molecular weight is 261 g/mol. The Morgan fingerprint density at radius 2 is 2.11 bits per heavy atom. The van der Waals surface area contributed by atoms with Gasteiger partial charge in [-0.25, -0.2) is 9.97 Å². The van der Waals surface area contributed by atoms with E-state index in [-0.39, 0.29) is 5.82 Å². The molecule has 0 unspecified atom stereocenters. The van der Waals surface area contributed by atoms with E-state index in [9.17, 15) is 0 Å². The zero-order chi connectivity index (χ0) is 12.7. The van der Waals surface area contributed by atoms with Gasteiger partial charge in [-0.3, -0.25) is 4.98 Å². The van der Waals surface area contributed by atoms with Crippen LogP contribution in [0.5, 0.6) is 0 Å². The standard InChI is InChI=1S/C11H9ClN6/c1-6-15-11-8(12)9(13)16-10(18(11)17-6)7-4-2-3-5-14-7/h2-5H,13H2,1H3. The van der Waals surface area contributed by atoms with E-state index in [1.165, 1.54) is 0 Å². The second-order valence-corrected chi connectivity index (χ2v) is 4.12. The number of fused-ring (bicyclic) bond motifs is 1. The van der Waals surface area contributed by atoms with Gasteiger partial charge in [0.2, 0.25) is 0 Å². The number of nitrogens with zero attached hydrogens (tertiary/aromatic N) is 5. The molecule has 0 spiro atoms. The summed E-state index contributed by atoms with van der Waals surface area (Å²) in [5.74, 6) is 1.34. The molecule has 0 fully saturated rings. The first kappa shape index (κ1) is 10.9. The molecule has 3 rings (SSSR count). The van der Waals surface area contributed by atoms with Crippen LogP contribution in [0.3, 0.4) is 0 Å². The molecule has 0 aliphatic carbocycles. The molecule has 0 aliphatic heterocycles. The molecule has 3 aromatic heterocycles. The fourth-order valence-corrected chi connectivity index (χ4v) is 1.86. The van der Waals surface area contributed by atoms with Gasteiger partial charge in [-0.2, -0.15) is 4.52 Å². The summed E-state index contributed by atoms with van der Waals surface area (Å²) in [5, 5.41) is 4.56. The Labute approximate surface area is 107 Å². The molecule has 3 heterocycles. The van der Waals surface area contributed by atoms with E-state index in [1.54, 1.807) is 17.6 Å². The van der Waals surface area contributed by atoms with Crippen molar-refractivity contribution in [3.05, 3.63) is 35.2 Å². The zero-order valence-corrected chi connectivity index (χ0v) is 10.3. The third-order valence-corrected chi connectivity index (χ3v) is 2.82. The summed E-state index contributed by atoms with van der Waals surface area (Å²) in [7, 11) is 0. The quantitative estimate of drug-likeness (QED) is 0.720. The minimum Gasteiger partial charge on any atom is -0.382 e. The van der Waals surface area contributed by atoms with Crippen molar-refractivity contribution in [3.8, 4) is 11.5 Å². The van der Waals surface area contributed by atoms with Gasteiger partial charge < -0.3 is 5.73 Å². The van der Waals surface area contributed by atoms with Crippen LogP contribution in [-0.4, -0.2) is 24.6 Å². The predicted octanol–water partition coefficient (Wildman–Crippen LogP) is 1.73. The van der Waals surface area contributed by atoms with Gasteiger partial charge >= 0.3 is 0 Å². The lowest BCUT2D eigenvalue weighted by molar-refractivity contribution is 0.906. The maximum absolute atomic E-state index is 6.07. The third kappa shape index (κ3) is 1.58. The molecular weight excluding hydrogens is 252 g/mol.